The molecule has 6 heteroatoms. The third kappa shape index (κ3) is 15.7. The van der Waals surface area contributed by atoms with Gasteiger partial charge in [0.25, 0.3) is 0 Å². The Kier molecular flexibility index (Phi) is 12.0. The summed E-state index contributed by atoms with van der Waals surface area (Å²) in [5, 5.41) is 0. The van der Waals surface area contributed by atoms with Gasteiger partial charge in [-0.05, 0) is 23.5 Å². The normalized spacial score (nSPS) is 14.9. The molecule has 0 fully saturated rings. The third-order valence-electron chi connectivity index (χ3n) is 1.65. The van der Waals surface area contributed by atoms with Crippen LogP contribution in [0.2, 0.25) is 0 Å². The maximum atomic E-state index is 10.4. The van der Waals surface area contributed by atoms with Crippen molar-refractivity contribution in [3.8, 4) is 0 Å². The summed E-state index contributed by atoms with van der Waals surface area (Å²) in [6.07, 6.45) is 4.07. The molecular weight excluding hydrogens is 231 g/mol. The van der Waals surface area contributed by atoms with Crippen LogP contribution in [-0.4, -0.2) is 15.4 Å². The molecule has 0 N–H and O–H groups in total. The third-order valence-corrected chi connectivity index (χ3v) is 2.40. The Morgan fingerprint density at radius 2 is 1.93 bits per heavy atom. The molecule has 0 aliphatic heterocycles. The van der Waals surface area contributed by atoms with Crippen molar-refractivity contribution in [3.63, 3.8) is 0 Å². The van der Waals surface area contributed by atoms with Crippen molar-refractivity contribution in [2.45, 2.75) is 39.5 Å². The fourth-order valence-corrected chi connectivity index (χ4v) is 1.52. The Morgan fingerprint density at radius 3 is 2.36 bits per heavy atom. The van der Waals surface area contributed by atoms with E-state index in [4.69, 9.17) is 0 Å². The second kappa shape index (κ2) is 9.51. The molecule has 0 rings (SSSR count). The van der Waals surface area contributed by atoms with Gasteiger partial charge in [0.05, 0.1) is 15.7 Å². The zero-order valence-electron chi connectivity index (χ0n) is 9.15. The molecule has 0 aromatic heterocycles. The smallest absolute Gasteiger partial charge is 0.748 e. The molecule has 0 aromatic carbocycles. The van der Waals surface area contributed by atoms with Gasteiger partial charge in [-0.1, -0.05) is 33.1 Å². The fourth-order valence-electron chi connectivity index (χ4n) is 0.992. The summed E-state index contributed by atoms with van der Waals surface area (Å²) >= 11 is 4.05. The monoisotopic (exact) mass is 248 g/mol. The average Bonchev–Trinajstić information content (AvgIpc) is 1.93. The summed E-state index contributed by atoms with van der Waals surface area (Å²) in [6.45, 7) is 4.57. The number of unbranched alkanes of at least 4 members (excludes halogenated alkanes) is 2. The first-order valence-electron chi connectivity index (χ1n) is 4.52. The van der Waals surface area contributed by atoms with Crippen LogP contribution >= 0.6 is 0 Å². The van der Waals surface area contributed by atoms with Gasteiger partial charge < -0.3 is 4.55 Å². The zero-order chi connectivity index (χ0) is 10.3. The number of rotatable bonds is 7. The molecule has 0 radical (unpaired) electrons. The van der Waals surface area contributed by atoms with E-state index in [1.807, 2.05) is 0 Å². The summed E-state index contributed by atoms with van der Waals surface area (Å²) in [7, 11) is -3.64. The Labute approximate surface area is 114 Å². The van der Waals surface area contributed by atoms with Crippen LogP contribution in [0.4, 0.5) is 0 Å². The Bertz CT molecular complexity index is 215. The molecule has 0 saturated heterocycles. The van der Waals surface area contributed by atoms with E-state index in [0.717, 1.165) is 19.3 Å². The molecule has 14 heavy (non-hydrogen) atoms. The first-order valence-corrected chi connectivity index (χ1v) is 6.85. The van der Waals surface area contributed by atoms with Crippen molar-refractivity contribution in [1.82, 2.24) is 0 Å². The summed E-state index contributed by atoms with van der Waals surface area (Å²) < 4.78 is 25.2. The standard InChI is InChI=1S/C8H18O3S2.Na/c1-8(2)6-4-3-5-7-11-13(9,10)12;/h8H,3-7H2,1-2H3,(H,9,10,12);/q;+1/p-1. The van der Waals surface area contributed by atoms with Gasteiger partial charge in [-0.15, -0.1) is 0 Å². The maximum absolute atomic E-state index is 10.4. The topological polar surface area (TPSA) is 49.4 Å². The quantitative estimate of drug-likeness (QED) is 0.429. The largest absolute Gasteiger partial charge is 1.00 e. The molecule has 0 saturated carbocycles. The van der Waals surface area contributed by atoms with Crippen LogP contribution in [0.15, 0.2) is 0 Å². The van der Waals surface area contributed by atoms with Crippen LogP contribution in [0.5, 0.6) is 0 Å². The molecule has 0 amide bonds. The van der Waals surface area contributed by atoms with Gasteiger partial charge in [-0.25, -0.2) is 4.21 Å². The minimum atomic E-state index is -3.64. The Balaban J connectivity index is 0. The van der Waals surface area contributed by atoms with Crippen LogP contribution in [0, 0.1) is 5.92 Å². The molecule has 0 heterocycles. The SMILES string of the molecule is CC(C)CCCCCOS(=O)([O-])=S.[Na+]. The van der Waals surface area contributed by atoms with Gasteiger partial charge in [-0.2, -0.15) is 0 Å². The second-order valence-electron chi connectivity index (χ2n) is 3.47. The molecule has 0 aliphatic rings. The van der Waals surface area contributed by atoms with Gasteiger partial charge in [0.15, 0.2) is 0 Å². The van der Waals surface area contributed by atoms with Crippen LogP contribution < -0.4 is 29.6 Å². The van der Waals surface area contributed by atoms with Crippen molar-refractivity contribution in [2.75, 3.05) is 6.61 Å². The van der Waals surface area contributed by atoms with Crippen molar-refractivity contribution in [1.29, 1.82) is 0 Å². The van der Waals surface area contributed by atoms with Crippen molar-refractivity contribution >= 4 is 20.2 Å². The maximum Gasteiger partial charge on any atom is 1.00 e. The molecule has 0 aromatic rings. The van der Waals surface area contributed by atoms with Crippen LogP contribution in [-0.2, 0) is 24.4 Å². The van der Waals surface area contributed by atoms with Crippen molar-refractivity contribution < 1.29 is 42.5 Å². The first kappa shape index (κ1) is 17.7. The van der Waals surface area contributed by atoms with E-state index in [0.29, 0.717) is 5.92 Å². The Morgan fingerprint density at radius 1 is 1.36 bits per heavy atom. The van der Waals surface area contributed by atoms with E-state index >= 15 is 0 Å². The van der Waals surface area contributed by atoms with E-state index in [1.165, 1.54) is 6.42 Å². The number of hydrogen-bond donors (Lipinski definition) is 0. The minimum absolute atomic E-state index is 0. The van der Waals surface area contributed by atoms with Crippen molar-refractivity contribution in [3.05, 3.63) is 0 Å². The first-order chi connectivity index (χ1) is 5.92. The van der Waals surface area contributed by atoms with E-state index < -0.39 is 9.05 Å². The van der Waals surface area contributed by atoms with Gasteiger partial charge >= 0.3 is 29.6 Å². The summed E-state index contributed by atoms with van der Waals surface area (Å²) in [5.41, 5.74) is 0. The summed E-state index contributed by atoms with van der Waals surface area (Å²) in [6, 6.07) is 0. The molecule has 0 bridgehead atoms. The molecule has 1 atom stereocenters. The zero-order valence-corrected chi connectivity index (χ0v) is 12.8. The average molecular weight is 248 g/mol. The molecule has 3 nitrogen and oxygen atoms in total. The molecule has 0 spiro atoms. The van der Waals surface area contributed by atoms with E-state index in [-0.39, 0.29) is 36.2 Å². The van der Waals surface area contributed by atoms with E-state index in [2.05, 4.69) is 29.2 Å². The van der Waals surface area contributed by atoms with E-state index in [1.54, 1.807) is 0 Å². The van der Waals surface area contributed by atoms with Gasteiger partial charge in [0, 0.05) is 0 Å². The molecular formula is C8H17NaO3S2. The van der Waals surface area contributed by atoms with Gasteiger partial charge in [0.1, 0.15) is 0 Å². The Hall–Kier alpha value is 1.29. The molecule has 0 aliphatic carbocycles. The summed E-state index contributed by atoms with van der Waals surface area (Å²) in [5.74, 6) is 0.712. The molecule has 80 valence electrons. The van der Waals surface area contributed by atoms with E-state index in [9.17, 15) is 8.76 Å². The minimum Gasteiger partial charge on any atom is -0.748 e. The fraction of sp³-hybridized carbons (Fsp3) is 1.00. The number of hydrogen-bond acceptors (Lipinski definition) is 4. The van der Waals surface area contributed by atoms with Crippen LogP contribution in [0.3, 0.4) is 0 Å². The van der Waals surface area contributed by atoms with Crippen molar-refractivity contribution in [2.24, 2.45) is 5.92 Å². The predicted octanol–water partition coefficient (Wildman–Crippen LogP) is -0.985. The second-order valence-corrected chi connectivity index (χ2v) is 5.75. The molecule has 1 unspecified atom stereocenters. The predicted molar refractivity (Wildman–Crippen MR) is 55.5 cm³/mol. The van der Waals surface area contributed by atoms with Crippen LogP contribution in [0.1, 0.15) is 39.5 Å². The van der Waals surface area contributed by atoms with Gasteiger partial charge in [-0.3, -0.25) is 4.18 Å². The van der Waals surface area contributed by atoms with Crippen LogP contribution in [0.25, 0.3) is 0 Å². The summed E-state index contributed by atoms with van der Waals surface area (Å²) in [4.78, 5) is 0. The van der Waals surface area contributed by atoms with Gasteiger partial charge in [0.2, 0.25) is 0 Å².